The Morgan fingerprint density at radius 3 is 2.65 bits per heavy atom. The average Bonchev–Trinajstić information content (AvgIpc) is 2.25. The van der Waals surface area contributed by atoms with Crippen molar-refractivity contribution in [2.75, 3.05) is 26.0 Å². The number of hydrogen-bond donors (Lipinski definition) is 1. The standard InChI is InChI=1S/C9H16N2O5S/c1-3-7-9(13)10-8(12)6-11(7)17(14,15)5-4-16-2/h7H,3-6H2,1-2H3,(H,10,12,13). The van der Waals surface area contributed by atoms with E-state index in [0.29, 0.717) is 6.42 Å². The number of sulfonamides is 1. The highest BCUT2D eigenvalue weighted by Gasteiger charge is 2.39. The molecule has 1 saturated heterocycles. The third-order valence-electron chi connectivity index (χ3n) is 2.50. The Balaban J connectivity index is 2.91. The van der Waals surface area contributed by atoms with Gasteiger partial charge in [-0.25, -0.2) is 8.42 Å². The van der Waals surface area contributed by atoms with Gasteiger partial charge in [0, 0.05) is 7.11 Å². The highest BCUT2D eigenvalue weighted by atomic mass is 32.2. The highest BCUT2D eigenvalue weighted by Crippen LogP contribution is 2.14. The number of ether oxygens (including phenoxy) is 1. The van der Waals surface area contributed by atoms with E-state index >= 15 is 0 Å². The molecule has 0 aliphatic carbocycles. The fraction of sp³-hybridized carbons (Fsp3) is 0.778. The molecule has 0 aromatic rings. The molecule has 0 radical (unpaired) electrons. The lowest BCUT2D eigenvalue weighted by Crippen LogP contribution is -2.59. The molecule has 1 fully saturated rings. The van der Waals surface area contributed by atoms with Crippen LogP contribution in [0.25, 0.3) is 0 Å². The van der Waals surface area contributed by atoms with Gasteiger partial charge in [-0.15, -0.1) is 0 Å². The quantitative estimate of drug-likeness (QED) is 0.623. The molecule has 0 aromatic heterocycles. The summed E-state index contributed by atoms with van der Waals surface area (Å²) in [6.45, 7) is 1.42. The minimum Gasteiger partial charge on any atom is -0.384 e. The number of hydrogen-bond acceptors (Lipinski definition) is 5. The molecule has 1 aliphatic rings. The highest BCUT2D eigenvalue weighted by molar-refractivity contribution is 7.89. The van der Waals surface area contributed by atoms with E-state index in [-0.39, 0.29) is 18.9 Å². The third kappa shape index (κ3) is 3.24. The van der Waals surface area contributed by atoms with Crippen LogP contribution in [0, 0.1) is 0 Å². The Kier molecular flexibility index (Phi) is 4.61. The summed E-state index contributed by atoms with van der Waals surface area (Å²) in [4.78, 5) is 22.7. The summed E-state index contributed by atoms with van der Waals surface area (Å²) in [6, 6.07) is -0.811. The molecule has 1 rings (SSSR count). The van der Waals surface area contributed by atoms with Gasteiger partial charge >= 0.3 is 0 Å². The fourth-order valence-electron chi connectivity index (χ4n) is 1.63. The summed E-state index contributed by atoms with van der Waals surface area (Å²) in [5, 5.41) is 2.12. The first-order valence-electron chi connectivity index (χ1n) is 5.24. The van der Waals surface area contributed by atoms with Crippen molar-refractivity contribution in [3.8, 4) is 0 Å². The molecular formula is C9H16N2O5S. The second-order valence-corrected chi connectivity index (χ2v) is 5.73. The van der Waals surface area contributed by atoms with Crippen LogP contribution in [0.15, 0.2) is 0 Å². The van der Waals surface area contributed by atoms with Gasteiger partial charge in [-0.3, -0.25) is 14.9 Å². The number of carbonyl (C=O) groups excluding carboxylic acids is 2. The van der Waals surface area contributed by atoms with Crippen LogP contribution in [-0.4, -0.2) is 56.6 Å². The Morgan fingerprint density at radius 1 is 1.47 bits per heavy atom. The monoisotopic (exact) mass is 264 g/mol. The molecule has 2 amide bonds. The van der Waals surface area contributed by atoms with Gasteiger partial charge in [0.15, 0.2) is 0 Å². The van der Waals surface area contributed by atoms with Crippen molar-refractivity contribution in [1.82, 2.24) is 9.62 Å². The first-order valence-corrected chi connectivity index (χ1v) is 6.85. The average molecular weight is 264 g/mol. The summed E-state index contributed by atoms with van der Waals surface area (Å²) < 4.78 is 29.5. The second-order valence-electron chi connectivity index (χ2n) is 3.69. The molecular weight excluding hydrogens is 248 g/mol. The van der Waals surface area contributed by atoms with Crippen LogP contribution in [0.2, 0.25) is 0 Å². The number of nitrogens with one attached hydrogen (secondary N) is 1. The molecule has 1 heterocycles. The minimum atomic E-state index is -3.65. The normalized spacial score (nSPS) is 22.6. The fourth-order valence-corrected chi connectivity index (χ4v) is 3.19. The van der Waals surface area contributed by atoms with E-state index in [4.69, 9.17) is 4.74 Å². The van der Waals surface area contributed by atoms with Crippen LogP contribution < -0.4 is 5.32 Å². The summed E-state index contributed by atoms with van der Waals surface area (Å²) in [5.41, 5.74) is 0. The first-order chi connectivity index (χ1) is 7.92. The molecule has 0 bridgehead atoms. The Bertz CT molecular complexity index is 406. The lowest BCUT2D eigenvalue weighted by atomic mass is 10.2. The Hall–Kier alpha value is -0.990. The summed E-state index contributed by atoms with van der Waals surface area (Å²) in [6.07, 6.45) is 0.325. The predicted molar refractivity (Wildman–Crippen MR) is 59.6 cm³/mol. The number of imide groups is 1. The molecule has 0 aromatic carbocycles. The predicted octanol–water partition coefficient (Wildman–Crippen LogP) is -1.30. The van der Waals surface area contributed by atoms with E-state index in [9.17, 15) is 18.0 Å². The molecule has 17 heavy (non-hydrogen) atoms. The largest absolute Gasteiger partial charge is 0.384 e. The minimum absolute atomic E-state index is 0.0328. The van der Waals surface area contributed by atoms with Crippen molar-refractivity contribution in [1.29, 1.82) is 0 Å². The van der Waals surface area contributed by atoms with Crippen molar-refractivity contribution < 1.29 is 22.7 Å². The van der Waals surface area contributed by atoms with Gasteiger partial charge in [-0.2, -0.15) is 4.31 Å². The van der Waals surface area contributed by atoms with E-state index in [1.54, 1.807) is 6.92 Å². The smallest absolute Gasteiger partial charge is 0.245 e. The lowest BCUT2D eigenvalue weighted by Gasteiger charge is -2.32. The zero-order chi connectivity index (χ0) is 13.1. The zero-order valence-corrected chi connectivity index (χ0v) is 10.6. The molecule has 1 atom stereocenters. The van der Waals surface area contributed by atoms with Gasteiger partial charge in [0.25, 0.3) is 0 Å². The first kappa shape index (κ1) is 14.1. The van der Waals surface area contributed by atoms with E-state index in [2.05, 4.69) is 5.32 Å². The van der Waals surface area contributed by atoms with Gasteiger partial charge in [0.1, 0.15) is 6.04 Å². The number of carbonyl (C=O) groups is 2. The maximum Gasteiger partial charge on any atom is 0.245 e. The summed E-state index contributed by atoms with van der Waals surface area (Å²) in [5.74, 6) is -1.40. The van der Waals surface area contributed by atoms with Crippen molar-refractivity contribution in [3.05, 3.63) is 0 Å². The number of nitrogens with zero attached hydrogens (tertiary/aromatic N) is 1. The van der Waals surface area contributed by atoms with Gasteiger partial charge in [0.2, 0.25) is 21.8 Å². The zero-order valence-electron chi connectivity index (χ0n) is 9.80. The van der Waals surface area contributed by atoms with Gasteiger partial charge in [-0.05, 0) is 6.42 Å². The molecule has 1 unspecified atom stereocenters. The van der Waals surface area contributed by atoms with Crippen LogP contribution in [-0.2, 0) is 24.3 Å². The van der Waals surface area contributed by atoms with Crippen molar-refractivity contribution >= 4 is 21.8 Å². The Labute approximate surface area is 100 Å². The topological polar surface area (TPSA) is 92.8 Å². The van der Waals surface area contributed by atoms with E-state index < -0.39 is 27.9 Å². The van der Waals surface area contributed by atoms with E-state index in [0.717, 1.165) is 4.31 Å². The van der Waals surface area contributed by atoms with Gasteiger partial charge in [0.05, 0.1) is 18.9 Å². The summed E-state index contributed by atoms with van der Waals surface area (Å²) in [7, 11) is -2.26. The summed E-state index contributed by atoms with van der Waals surface area (Å²) >= 11 is 0. The molecule has 7 nitrogen and oxygen atoms in total. The van der Waals surface area contributed by atoms with Crippen molar-refractivity contribution in [3.63, 3.8) is 0 Å². The second kappa shape index (κ2) is 5.56. The van der Waals surface area contributed by atoms with E-state index in [1.165, 1.54) is 7.11 Å². The molecule has 8 heteroatoms. The molecule has 0 spiro atoms. The number of methoxy groups -OCH3 is 1. The van der Waals surface area contributed by atoms with Crippen molar-refractivity contribution in [2.24, 2.45) is 0 Å². The van der Waals surface area contributed by atoms with Gasteiger partial charge < -0.3 is 4.74 Å². The van der Waals surface area contributed by atoms with Crippen LogP contribution >= 0.6 is 0 Å². The van der Waals surface area contributed by atoms with Crippen LogP contribution in [0.1, 0.15) is 13.3 Å². The maximum atomic E-state index is 11.9. The third-order valence-corrected chi connectivity index (χ3v) is 4.28. The van der Waals surface area contributed by atoms with Crippen molar-refractivity contribution in [2.45, 2.75) is 19.4 Å². The molecule has 1 N–H and O–H groups in total. The SMILES string of the molecule is CCC1C(=O)NC(=O)CN1S(=O)(=O)CCOC. The molecule has 98 valence electrons. The maximum absolute atomic E-state index is 11.9. The van der Waals surface area contributed by atoms with E-state index in [1.807, 2.05) is 0 Å². The lowest BCUT2D eigenvalue weighted by molar-refractivity contribution is -0.137. The van der Waals surface area contributed by atoms with Crippen LogP contribution in [0.4, 0.5) is 0 Å². The molecule has 1 aliphatic heterocycles. The Morgan fingerprint density at radius 2 is 2.12 bits per heavy atom. The van der Waals surface area contributed by atoms with Crippen LogP contribution in [0.5, 0.6) is 0 Å². The number of rotatable bonds is 5. The number of piperazine rings is 1. The van der Waals surface area contributed by atoms with Gasteiger partial charge in [-0.1, -0.05) is 6.92 Å². The van der Waals surface area contributed by atoms with Crippen LogP contribution in [0.3, 0.4) is 0 Å². The number of amides is 2. The molecule has 0 saturated carbocycles.